The number of esters is 1. The minimum Gasteiger partial charge on any atom is -0.477 e. The zero-order chi connectivity index (χ0) is 27.9. The van der Waals surface area contributed by atoms with E-state index in [9.17, 15) is 9.59 Å². The number of nitrogens with zero attached hydrogens (tertiary/aromatic N) is 3. The Morgan fingerprint density at radius 2 is 1.79 bits per heavy atom. The van der Waals surface area contributed by atoms with Crippen LogP contribution in [0.4, 0.5) is 5.69 Å². The van der Waals surface area contributed by atoms with Gasteiger partial charge in [-0.05, 0) is 56.8 Å². The second kappa shape index (κ2) is 13.5. The third kappa shape index (κ3) is 6.85. The highest BCUT2D eigenvalue weighted by Gasteiger charge is 2.31. The first kappa shape index (κ1) is 29.2. The van der Waals surface area contributed by atoms with Crippen LogP contribution < -0.4 is 20.5 Å². The van der Waals surface area contributed by atoms with Crippen molar-refractivity contribution in [1.82, 2.24) is 20.7 Å². The number of nitrogens with one attached hydrogen (secondary N) is 2. The summed E-state index contributed by atoms with van der Waals surface area (Å²) in [6.45, 7) is 4.76. The van der Waals surface area contributed by atoms with Crippen LogP contribution in [0.3, 0.4) is 0 Å². The van der Waals surface area contributed by atoms with Crippen molar-refractivity contribution < 1.29 is 19.1 Å². The Hall–Kier alpha value is -2.82. The second-order valence-electron chi connectivity index (χ2n) is 8.81. The molecule has 2 heterocycles. The van der Waals surface area contributed by atoms with Crippen LogP contribution in [0.1, 0.15) is 34.1 Å². The molecule has 0 radical (unpaired) electrons. The Labute approximate surface area is 242 Å². The number of fused-ring (bicyclic) bond motifs is 1. The molecule has 1 amide bonds. The van der Waals surface area contributed by atoms with Gasteiger partial charge in [0.2, 0.25) is 5.88 Å². The summed E-state index contributed by atoms with van der Waals surface area (Å²) in [4.78, 5) is 34.9. The molecule has 0 atom stereocenters. The smallest absolute Gasteiger partial charge is 0.345 e. The summed E-state index contributed by atoms with van der Waals surface area (Å²) in [6, 6.07) is 10.2. The molecule has 12 heteroatoms. The number of amides is 1. The molecule has 208 valence electrons. The van der Waals surface area contributed by atoms with Crippen LogP contribution in [0.25, 0.3) is 10.9 Å². The van der Waals surface area contributed by atoms with Crippen LogP contribution in [0.15, 0.2) is 36.4 Å². The monoisotopic (exact) mass is 593 g/mol. The number of benzene rings is 2. The number of halogens is 3. The van der Waals surface area contributed by atoms with Crippen molar-refractivity contribution in [3.63, 3.8) is 0 Å². The number of ether oxygens (including phenoxy) is 2. The second-order valence-corrected chi connectivity index (χ2v) is 10.1. The summed E-state index contributed by atoms with van der Waals surface area (Å²) < 4.78 is 11.5. The predicted octanol–water partition coefficient (Wildman–Crippen LogP) is 4.83. The zero-order valence-corrected chi connectivity index (χ0v) is 24.0. The van der Waals surface area contributed by atoms with Gasteiger partial charge in [-0.2, -0.15) is 0 Å². The number of piperazine rings is 1. The van der Waals surface area contributed by atoms with E-state index in [1.165, 1.54) is 0 Å². The van der Waals surface area contributed by atoms with Gasteiger partial charge < -0.3 is 19.3 Å². The quantitative estimate of drug-likeness (QED) is 0.196. The summed E-state index contributed by atoms with van der Waals surface area (Å²) in [5.74, 6) is -0.461. The van der Waals surface area contributed by atoms with Crippen LogP contribution >= 0.6 is 34.8 Å². The maximum Gasteiger partial charge on any atom is 0.345 e. The van der Waals surface area contributed by atoms with Gasteiger partial charge in [0.25, 0.3) is 5.91 Å². The number of aromatic nitrogens is 1. The molecular weight excluding hydrogens is 565 g/mol. The van der Waals surface area contributed by atoms with Gasteiger partial charge in [-0.3, -0.25) is 15.6 Å². The molecule has 0 aliphatic carbocycles. The van der Waals surface area contributed by atoms with Gasteiger partial charge in [0, 0.05) is 48.7 Å². The molecule has 0 spiro atoms. The maximum absolute atomic E-state index is 13.3. The van der Waals surface area contributed by atoms with E-state index in [4.69, 9.17) is 44.3 Å². The molecule has 0 bridgehead atoms. The van der Waals surface area contributed by atoms with Gasteiger partial charge in [0.15, 0.2) is 0 Å². The van der Waals surface area contributed by atoms with Crippen molar-refractivity contribution in [2.45, 2.75) is 13.3 Å². The lowest BCUT2D eigenvalue weighted by atomic mass is 10.1. The summed E-state index contributed by atoms with van der Waals surface area (Å²) in [7, 11) is 1.79. The molecule has 1 aliphatic rings. The highest BCUT2D eigenvalue weighted by atomic mass is 35.5. The number of pyridine rings is 1. The van der Waals surface area contributed by atoms with E-state index in [-0.39, 0.29) is 24.0 Å². The van der Waals surface area contributed by atoms with Crippen molar-refractivity contribution in [2.75, 3.05) is 57.9 Å². The van der Waals surface area contributed by atoms with E-state index in [1.54, 1.807) is 55.3 Å². The average molecular weight is 595 g/mol. The Kier molecular flexibility index (Phi) is 10.1. The van der Waals surface area contributed by atoms with E-state index in [2.05, 4.69) is 20.7 Å². The SMILES string of the molecule is CCOC(=O)c1c(OCCCNNC)nc2ccc(Cl)cc2c1N1CCN(C(=O)c2ccc(Cl)c(Cl)c2)CC1. The first-order valence-corrected chi connectivity index (χ1v) is 13.8. The largest absolute Gasteiger partial charge is 0.477 e. The predicted molar refractivity (Wildman–Crippen MR) is 154 cm³/mol. The lowest BCUT2D eigenvalue weighted by molar-refractivity contribution is 0.0520. The number of rotatable bonds is 10. The summed E-state index contributed by atoms with van der Waals surface area (Å²) in [6.07, 6.45) is 0.689. The Morgan fingerprint density at radius 3 is 2.49 bits per heavy atom. The van der Waals surface area contributed by atoms with Gasteiger partial charge in [-0.25, -0.2) is 9.78 Å². The minimum absolute atomic E-state index is 0.138. The molecule has 1 aliphatic heterocycles. The summed E-state index contributed by atoms with van der Waals surface area (Å²) in [5, 5.41) is 1.94. The van der Waals surface area contributed by atoms with Crippen molar-refractivity contribution in [3.05, 3.63) is 62.6 Å². The number of carbonyl (C=O) groups is 2. The number of hydrogen-bond acceptors (Lipinski definition) is 8. The maximum atomic E-state index is 13.3. The number of carbonyl (C=O) groups excluding carboxylic acids is 2. The molecule has 4 rings (SSSR count). The van der Waals surface area contributed by atoms with Gasteiger partial charge in [0.1, 0.15) is 5.56 Å². The standard InChI is InChI=1S/C27H30Cl3N5O4/c1-3-38-27(37)23-24(19-16-18(28)6-8-22(19)33-25(23)39-14-4-9-32-31-2)34-10-12-35(13-11-34)26(36)17-5-7-20(29)21(30)15-17/h5-8,15-16,31-32H,3-4,9-14H2,1-2H3. The number of anilines is 1. The van der Waals surface area contributed by atoms with E-state index < -0.39 is 5.97 Å². The first-order valence-electron chi connectivity index (χ1n) is 12.7. The normalized spacial score (nSPS) is 13.6. The molecule has 2 N–H and O–H groups in total. The fourth-order valence-electron chi connectivity index (χ4n) is 4.42. The van der Waals surface area contributed by atoms with E-state index in [0.29, 0.717) is 83.0 Å². The highest BCUT2D eigenvalue weighted by molar-refractivity contribution is 6.42. The lowest BCUT2D eigenvalue weighted by Crippen LogP contribution is -2.49. The van der Waals surface area contributed by atoms with Gasteiger partial charge in [-0.15, -0.1) is 0 Å². The molecule has 0 saturated carbocycles. The molecule has 3 aromatic rings. The molecule has 1 saturated heterocycles. The van der Waals surface area contributed by atoms with E-state index >= 15 is 0 Å². The third-order valence-electron chi connectivity index (χ3n) is 6.28. The topological polar surface area (TPSA) is 96.0 Å². The fraction of sp³-hybridized carbons (Fsp3) is 0.370. The molecule has 0 unspecified atom stereocenters. The Balaban J connectivity index is 1.66. The van der Waals surface area contributed by atoms with Crippen molar-refractivity contribution >= 4 is 63.3 Å². The van der Waals surface area contributed by atoms with Crippen LogP contribution in [-0.2, 0) is 4.74 Å². The molecule has 9 nitrogen and oxygen atoms in total. The van der Waals surface area contributed by atoms with Crippen LogP contribution in [0.5, 0.6) is 5.88 Å². The van der Waals surface area contributed by atoms with Gasteiger partial charge in [-0.1, -0.05) is 34.8 Å². The Bertz CT molecular complexity index is 1350. The summed E-state index contributed by atoms with van der Waals surface area (Å²) in [5.41, 5.74) is 7.86. The molecular formula is C27H30Cl3N5O4. The summed E-state index contributed by atoms with van der Waals surface area (Å²) >= 11 is 18.5. The van der Waals surface area contributed by atoms with Crippen molar-refractivity contribution in [3.8, 4) is 5.88 Å². The highest BCUT2D eigenvalue weighted by Crippen LogP contribution is 2.38. The van der Waals surface area contributed by atoms with E-state index in [1.807, 2.05) is 0 Å². The average Bonchev–Trinajstić information content (AvgIpc) is 2.93. The van der Waals surface area contributed by atoms with Crippen LogP contribution in [-0.4, -0.2) is 74.7 Å². The van der Waals surface area contributed by atoms with Gasteiger partial charge >= 0.3 is 5.97 Å². The van der Waals surface area contributed by atoms with Gasteiger partial charge in [0.05, 0.1) is 34.5 Å². The minimum atomic E-state index is -0.528. The Morgan fingerprint density at radius 1 is 1.03 bits per heavy atom. The van der Waals surface area contributed by atoms with E-state index in [0.717, 1.165) is 0 Å². The first-order chi connectivity index (χ1) is 18.8. The van der Waals surface area contributed by atoms with Crippen LogP contribution in [0, 0.1) is 0 Å². The van der Waals surface area contributed by atoms with Crippen molar-refractivity contribution in [2.24, 2.45) is 0 Å². The molecule has 1 fully saturated rings. The van der Waals surface area contributed by atoms with Crippen molar-refractivity contribution in [1.29, 1.82) is 0 Å². The third-order valence-corrected chi connectivity index (χ3v) is 7.25. The zero-order valence-electron chi connectivity index (χ0n) is 21.7. The lowest BCUT2D eigenvalue weighted by Gasteiger charge is -2.37. The molecule has 1 aromatic heterocycles. The van der Waals surface area contributed by atoms with Crippen LogP contribution in [0.2, 0.25) is 15.1 Å². The number of hydrogen-bond donors (Lipinski definition) is 2. The molecule has 39 heavy (non-hydrogen) atoms. The number of hydrazine groups is 1. The molecule has 2 aromatic carbocycles. The fourth-order valence-corrected chi connectivity index (χ4v) is 4.89.